The van der Waals surface area contributed by atoms with E-state index in [-0.39, 0.29) is 0 Å². The fourth-order valence-corrected chi connectivity index (χ4v) is 1.32. The summed E-state index contributed by atoms with van der Waals surface area (Å²) < 4.78 is 10.5. The topological polar surface area (TPSA) is 30.5 Å². The van der Waals surface area contributed by atoms with Crippen LogP contribution in [0.5, 0.6) is 0 Å². The zero-order valence-corrected chi connectivity index (χ0v) is 8.01. The van der Waals surface area contributed by atoms with E-state index in [2.05, 4.69) is 12.2 Å². The lowest BCUT2D eigenvalue weighted by atomic mass is 10.1. The zero-order chi connectivity index (χ0) is 8.81. The summed E-state index contributed by atoms with van der Waals surface area (Å²) in [6.45, 7) is 4.77. The van der Waals surface area contributed by atoms with Gasteiger partial charge in [0.2, 0.25) is 0 Å². The molecule has 1 saturated heterocycles. The van der Waals surface area contributed by atoms with Crippen molar-refractivity contribution in [1.82, 2.24) is 5.32 Å². The molecule has 3 heteroatoms. The highest BCUT2D eigenvalue weighted by Crippen LogP contribution is 2.05. The molecule has 0 aliphatic carbocycles. The van der Waals surface area contributed by atoms with Crippen molar-refractivity contribution < 1.29 is 9.47 Å². The van der Waals surface area contributed by atoms with Crippen molar-refractivity contribution in [3.8, 4) is 0 Å². The molecule has 0 amide bonds. The van der Waals surface area contributed by atoms with Crippen LogP contribution < -0.4 is 5.32 Å². The lowest BCUT2D eigenvalue weighted by Gasteiger charge is -2.24. The van der Waals surface area contributed by atoms with Crippen LogP contribution in [0.25, 0.3) is 0 Å². The highest BCUT2D eigenvalue weighted by Gasteiger charge is 2.13. The first kappa shape index (κ1) is 9.96. The van der Waals surface area contributed by atoms with Crippen LogP contribution in [0.2, 0.25) is 0 Å². The third kappa shape index (κ3) is 3.52. The van der Waals surface area contributed by atoms with Gasteiger partial charge in [-0.15, -0.1) is 0 Å². The fourth-order valence-electron chi connectivity index (χ4n) is 1.32. The molecule has 1 aliphatic heterocycles. The van der Waals surface area contributed by atoms with Crippen LogP contribution in [0.1, 0.15) is 19.8 Å². The molecule has 0 saturated carbocycles. The predicted octanol–water partition coefficient (Wildman–Crippen LogP) is 0.790. The maximum atomic E-state index is 5.34. The molecule has 1 rings (SSSR count). The summed E-state index contributed by atoms with van der Waals surface area (Å²) in [6.07, 6.45) is 2.71. The van der Waals surface area contributed by atoms with Crippen molar-refractivity contribution in [2.24, 2.45) is 0 Å². The number of hydrogen-bond acceptors (Lipinski definition) is 3. The minimum absolute atomic E-state index is 0.298. The summed E-state index contributed by atoms with van der Waals surface area (Å²) in [4.78, 5) is 0. The molecule has 0 aromatic carbocycles. The predicted molar refractivity (Wildman–Crippen MR) is 48.3 cm³/mol. The number of nitrogens with one attached hydrogen (secondary N) is 1. The van der Waals surface area contributed by atoms with E-state index in [0.717, 1.165) is 19.8 Å². The first-order chi connectivity index (χ1) is 5.83. The SMILES string of the molecule is COC(C)CNC1CCCOC1. The van der Waals surface area contributed by atoms with Gasteiger partial charge >= 0.3 is 0 Å². The van der Waals surface area contributed by atoms with Gasteiger partial charge in [-0.05, 0) is 19.8 Å². The van der Waals surface area contributed by atoms with Crippen LogP contribution in [0.15, 0.2) is 0 Å². The van der Waals surface area contributed by atoms with E-state index in [0.29, 0.717) is 12.1 Å². The van der Waals surface area contributed by atoms with E-state index in [1.807, 2.05) is 0 Å². The Balaban J connectivity index is 2.05. The minimum atomic E-state index is 0.298. The fraction of sp³-hybridized carbons (Fsp3) is 1.00. The van der Waals surface area contributed by atoms with Crippen molar-refractivity contribution in [2.45, 2.75) is 31.9 Å². The molecular formula is C9H19NO2. The van der Waals surface area contributed by atoms with Gasteiger partial charge in [-0.2, -0.15) is 0 Å². The van der Waals surface area contributed by atoms with E-state index < -0.39 is 0 Å². The van der Waals surface area contributed by atoms with E-state index in [9.17, 15) is 0 Å². The Kier molecular flexibility index (Phi) is 4.58. The summed E-state index contributed by atoms with van der Waals surface area (Å²) in [7, 11) is 1.74. The normalized spacial score (nSPS) is 27.0. The molecular weight excluding hydrogens is 154 g/mol. The first-order valence-corrected chi connectivity index (χ1v) is 4.67. The Morgan fingerprint density at radius 2 is 2.50 bits per heavy atom. The van der Waals surface area contributed by atoms with Crippen molar-refractivity contribution in [3.05, 3.63) is 0 Å². The van der Waals surface area contributed by atoms with Gasteiger partial charge in [0.25, 0.3) is 0 Å². The standard InChI is InChI=1S/C9H19NO2/c1-8(11-2)6-10-9-4-3-5-12-7-9/h8-10H,3-7H2,1-2H3. The molecule has 0 bridgehead atoms. The highest BCUT2D eigenvalue weighted by atomic mass is 16.5. The smallest absolute Gasteiger partial charge is 0.0667 e. The Morgan fingerprint density at radius 1 is 1.67 bits per heavy atom. The number of hydrogen-bond donors (Lipinski definition) is 1. The summed E-state index contributed by atoms with van der Waals surface area (Å²) in [5.74, 6) is 0. The lowest BCUT2D eigenvalue weighted by molar-refractivity contribution is 0.0594. The Bertz CT molecular complexity index is 113. The molecule has 2 unspecified atom stereocenters. The van der Waals surface area contributed by atoms with Gasteiger partial charge in [-0.3, -0.25) is 0 Å². The molecule has 0 aromatic rings. The van der Waals surface area contributed by atoms with E-state index in [4.69, 9.17) is 9.47 Å². The average molecular weight is 173 g/mol. The number of ether oxygens (including phenoxy) is 2. The molecule has 1 aliphatic rings. The van der Waals surface area contributed by atoms with Gasteiger partial charge < -0.3 is 14.8 Å². The van der Waals surface area contributed by atoms with Gasteiger partial charge in [-0.25, -0.2) is 0 Å². The van der Waals surface area contributed by atoms with Crippen molar-refractivity contribution >= 4 is 0 Å². The molecule has 0 aromatic heterocycles. The van der Waals surface area contributed by atoms with Gasteiger partial charge in [0, 0.05) is 26.3 Å². The largest absolute Gasteiger partial charge is 0.380 e. The summed E-state index contributed by atoms with van der Waals surface area (Å²) >= 11 is 0. The van der Waals surface area contributed by atoms with E-state index in [1.54, 1.807) is 7.11 Å². The maximum Gasteiger partial charge on any atom is 0.0667 e. The molecule has 0 spiro atoms. The molecule has 3 nitrogen and oxygen atoms in total. The second-order valence-electron chi connectivity index (χ2n) is 3.37. The van der Waals surface area contributed by atoms with Crippen LogP contribution in [0.4, 0.5) is 0 Å². The van der Waals surface area contributed by atoms with Gasteiger partial charge in [0.1, 0.15) is 0 Å². The second-order valence-corrected chi connectivity index (χ2v) is 3.37. The van der Waals surface area contributed by atoms with Crippen LogP contribution >= 0.6 is 0 Å². The molecule has 1 fully saturated rings. The van der Waals surface area contributed by atoms with Gasteiger partial charge in [0.15, 0.2) is 0 Å². The zero-order valence-electron chi connectivity index (χ0n) is 8.01. The number of methoxy groups -OCH3 is 1. The van der Waals surface area contributed by atoms with Crippen molar-refractivity contribution in [1.29, 1.82) is 0 Å². The summed E-state index contributed by atoms with van der Waals surface area (Å²) in [6, 6.07) is 0.538. The van der Waals surface area contributed by atoms with Crippen molar-refractivity contribution in [3.63, 3.8) is 0 Å². The van der Waals surface area contributed by atoms with Crippen LogP contribution in [-0.2, 0) is 9.47 Å². The highest BCUT2D eigenvalue weighted by molar-refractivity contribution is 4.70. The summed E-state index contributed by atoms with van der Waals surface area (Å²) in [5, 5.41) is 3.42. The average Bonchev–Trinajstić information content (AvgIpc) is 2.16. The second kappa shape index (κ2) is 5.51. The monoisotopic (exact) mass is 173 g/mol. The van der Waals surface area contributed by atoms with Gasteiger partial charge in [-0.1, -0.05) is 0 Å². The van der Waals surface area contributed by atoms with Crippen LogP contribution in [0, 0.1) is 0 Å². The van der Waals surface area contributed by atoms with E-state index >= 15 is 0 Å². The van der Waals surface area contributed by atoms with Crippen LogP contribution in [-0.4, -0.2) is 39.0 Å². The lowest BCUT2D eigenvalue weighted by Crippen LogP contribution is -2.40. The quantitative estimate of drug-likeness (QED) is 0.682. The Labute approximate surface area is 74.4 Å². The minimum Gasteiger partial charge on any atom is -0.380 e. The molecule has 72 valence electrons. The van der Waals surface area contributed by atoms with Crippen molar-refractivity contribution in [2.75, 3.05) is 26.9 Å². The maximum absolute atomic E-state index is 5.34. The summed E-state index contributed by atoms with van der Waals surface area (Å²) in [5.41, 5.74) is 0. The number of rotatable bonds is 4. The molecule has 0 radical (unpaired) electrons. The molecule has 12 heavy (non-hydrogen) atoms. The van der Waals surface area contributed by atoms with Crippen LogP contribution in [0.3, 0.4) is 0 Å². The first-order valence-electron chi connectivity index (χ1n) is 4.67. The van der Waals surface area contributed by atoms with E-state index in [1.165, 1.54) is 12.8 Å². The Morgan fingerprint density at radius 3 is 3.08 bits per heavy atom. The third-order valence-corrected chi connectivity index (χ3v) is 2.26. The third-order valence-electron chi connectivity index (χ3n) is 2.26. The Hall–Kier alpha value is -0.120. The van der Waals surface area contributed by atoms with Gasteiger partial charge in [0.05, 0.1) is 12.7 Å². The molecule has 2 atom stereocenters. The molecule has 1 N–H and O–H groups in total. The molecule has 1 heterocycles.